The standard InChI is InChI=1S/C10H10F3NO2/c1-7(14-9(15)10(11,12)13)16-8-5-3-2-4-6-8/h2-7H,1H3,(H,14,15). The van der Waals surface area contributed by atoms with Gasteiger partial charge in [-0.25, -0.2) is 0 Å². The molecule has 0 aliphatic carbocycles. The minimum absolute atomic E-state index is 0.387. The van der Waals surface area contributed by atoms with Gasteiger partial charge in [-0.15, -0.1) is 0 Å². The molecule has 3 nitrogen and oxygen atoms in total. The molecule has 0 aliphatic rings. The Labute approximate surface area is 90.2 Å². The molecule has 0 spiro atoms. The zero-order valence-electron chi connectivity index (χ0n) is 8.41. The van der Waals surface area contributed by atoms with Gasteiger partial charge in [0.15, 0.2) is 6.23 Å². The van der Waals surface area contributed by atoms with Crippen LogP contribution in [0, 0.1) is 0 Å². The molecule has 1 unspecified atom stereocenters. The van der Waals surface area contributed by atoms with Crippen molar-refractivity contribution < 1.29 is 22.7 Å². The second kappa shape index (κ2) is 4.87. The summed E-state index contributed by atoms with van der Waals surface area (Å²) in [6, 6.07) is 8.25. The maximum Gasteiger partial charge on any atom is 0.471 e. The Morgan fingerprint density at radius 3 is 2.38 bits per heavy atom. The molecular formula is C10H10F3NO2. The minimum Gasteiger partial charge on any atom is -0.471 e. The largest absolute Gasteiger partial charge is 0.471 e. The quantitative estimate of drug-likeness (QED) is 0.812. The van der Waals surface area contributed by atoms with Gasteiger partial charge >= 0.3 is 12.1 Å². The van der Waals surface area contributed by atoms with E-state index < -0.39 is 18.3 Å². The van der Waals surface area contributed by atoms with Crippen LogP contribution in [0.1, 0.15) is 6.92 Å². The number of para-hydroxylation sites is 1. The molecule has 6 heteroatoms. The van der Waals surface area contributed by atoms with E-state index in [4.69, 9.17) is 4.74 Å². The number of benzene rings is 1. The number of carbonyl (C=O) groups is 1. The summed E-state index contributed by atoms with van der Waals surface area (Å²) in [4.78, 5) is 10.5. The average Bonchev–Trinajstić information content (AvgIpc) is 2.17. The Kier molecular flexibility index (Phi) is 3.76. The SMILES string of the molecule is CC(NC(=O)C(F)(F)F)Oc1ccccc1. The number of amides is 1. The molecule has 0 saturated carbocycles. The van der Waals surface area contributed by atoms with Crippen LogP contribution >= 0.6 is 0 Å². The minimum atomic E-state index is -4.89. The average molecular weight is 233 g/mol. The molecule has 1 atom stereocenters. The van der Waals surface area contributed by atoms with Crippen LogP contribution in [-0.4, -0.2) is 18.3 Å². The van der Waals surface area contributed by atoms with E-state index in [0.717, 1.165) is 0 Å². The maximum absolute atomic E-state index is 11.9. The molecular weight excluding hydrogens is 223 g/mol. The molecule has 88 valence electrons. The van der Waals surface area contributed by atoms with Gasteiger partial charge in [0.05, 0.1) is 0 Å². The van der Waals surface area contributed by atoms with Crippen LogP contribution in [0.25, 0.3) is 0 Å². The molecule has 0 fully saturated rings. The maximum atomic E-state index is 11.9. The second-order valence-electron chi connectivity index (χ2n) is 3.04. The number of nitrogens with one attached hydrogen (secondary N) is 1. The van der Waals surface area contributed by atoms with Crippen molar-refractivity contribution in [1.82, 2.24) is 5.32 Å². The van der Waals surface area contributed by atoms with Gasteiger partial charge in [-0.05, 0) is 19.1 Å². The van der Waals surface area contributed by atoms with Crippen molar-refractivity contribution in [2.75, 3.05) is 0 Å². The number of halogens is 3. The van der Waals surface area contributed by atoms with E-state index in [2.05, 4.69) is 0 Å². The molecule has 1 aromatic carbocycles. The van der Waals surface area contributed by atoms with E-state index in [1.807, 2.05) is 0 Å². The first kappa shape index (κ1) is 12.4. The number of alkyl halides is 3. The van der Waals surface area contributed by atoms with Gasteiger partial charge in [-0.1, -0.05) is 18.2 Å². The number of hydrogen-bond donors (Lipinski definition) is 1. The summed E-state index contributed by atoms with van der Waals surface area (Å²) < 4.78 is 40.7. The van der Waals surface area contributed by atoms with E-state index in [0.29, 0.717) is 5.75 Å². The number of carbonyl (C=O) groups excluding carboxylic acids is 1. The van der Waals surface area contributed by atoms with Crippen LogP contribution < -0.4 is 10.1 Å². The Hall–Kier alpha value is -1.72. The van der Waals surface area contributed by atoms with Crippen LogP contribution in [0.15, 0.2) is 30.3 Å². The summed E-state index contributed by atoms with van der Waals surface area (Å²) in [6.07, 6.45) is -5.94. The van der Waals surface area contributed by atoms with Crippen LogP contribution in [0.3, 0.4) is 0 Å². The monoisotopic (exact) mass is 233 g/mol. The fraction of sp³-hybridized carbons (Fsp3) is 0.300. The third-order valence-corrected chi connectivity index (χ3v) is 1.65. The molecule has 0 heterocycles. The highest BCUT2D eigenvalue weighted by molar-refractivity contribution is 5.81. The summed E-state index contributed by atoms with van der Waals surface area (Å²) in [5, 5.41) is 1.68. The lowest BCUT2D eigenvalue weighted by molar-refractivity contribution is -0.175. The van der Waals surface area contributed by atoms with E-state index in [-0.39, 0.29) is 0 Å². The highest BCUT2D eigenvalue weighted by atomic mass is 19.4. The highest BCUT2D eigenvalue weighted by Gasteiger charge is 2.39. The van der Waals surface area contributed by atoms with Gasteiger partial charge in [-0.3, -0.25) is 4.79 Å². The normalized spacial score (nSPS) is 13.0. The Bertz CT molecular complexity index is 351. The van der Waals surface area contributed by atoms with Crippen LogP contribution in [0.2, 0.25) is 0 Å². The van der Waals surface area contributed by atoms with Crippen molar-refractivity contribution in [3.8, 4) is 5.75 Å². The summed E-state index contributed by atoms with van der Waals surface area (Å²) >= 11 is 0. The summed E-state index contributed by atoms with van der Waals surface area (Å²) in [7, 11) is 0. The number of hydrogen-bond acceptors (Lipinski definition) is 2. The smallest absolute Gasteiger partial charge is 0.471 e. The van der Waals surface area contributed by atoms with Crippen molar-refractivity contribution in [3.63, 3.8) is 0 Å². The van der Waals surface area contributed by atoms with Crippen molar-refractivity contribution >= 4 is 5.91 Å². The van der Waals surface area contributed by atoms with Crippen LogP contribution in [0.4, 0.5) is 13.2 Å². The molecule has 0 radical (unpaired) electrons. The lowest BCUT2D eigenvalue weighted by Crippen LogP contribution is -2.44. The van der Waals surface area contributed by atoms with Crippen LogP contribution in [-0.2, 0) is 4.79 Å². The molecule has 0 saturated heterocycles. The first-order chi connectivity index (χ1) is 7.39. The topological polar surface area (TPSA) is 38.3 Å². The van der Waals surface area contributed by atoms with Crippen molar-refractivity contribution in [3.05, 3.63) is 30.3 Å². The fourth-order valence-corrected chi connectivity index (χ4v) is 0.999. The molecule has 16 heavy (non-hydrogen) atoms. The lowest BCUT2D eigenvalue weighted by Gasteiger charge is -2.16. The fourth-order valence-electron chi connectivity index (χ4n) is 0.999. The van der Waals surface area contributed by atoms with Gasteiger partial charge in [0, 0.05) is 0 Å². The van der Waals surface area contributed by atoms with E-state index in [1.165, 1.54) is 6.92 Å². The van der Waals surface area contributed by atoms with E-state index in [1.54, 1.807) is 35.6 Å². The summed E-state index contributed by atoms with van der Waals surface area (Å²) in [5.41, 5.74) is 0. The third kappa shape index (κ3) is 3.80. The van der Waals surface area contributed by atoms with Crippen molar-refractivity contribution in [1.29, 1.82) is 0 Å². The Morgan fingerprint density at radius 2 is 1.88 bits per heavy atom. The van der Waals surface area contributed by atoms with Crippen LogP contribution in [0.5, 0.6) is 5.75 Å². The number of rotatable bonds is 3. The summed E-state index contributed by atoms with van der Waals surface area (Å²) in [5.74, 6) is -1.63. The molecule has 1 aromatic rings. The molecule has 0 aromatic heterocycles. The predicted molar refractivity (Wildman–Crippen MR) is 50.7 cm³/mol. The Balaban J connectivity index is 2.49. The van der Waals surface area contributed by atoms with Gasteiger partial charge < -0.3 is 10.1 Å². The molecule has 0 bridgehead atoms. The molecule has 1 amide bonds. The van der Waals surface area contributed by atoms with Gasteiger partial charge in [0.1, 0.15) is 5.75 Å². The van der Waals surface area contributed by atoms with Gasteiger partial charge in [0.25, 0.3) is 0 Å². The van der Waals surface area contributed by atoms with Crippen molar-refractivity contribution in [2.24, 2.45) is 0 Å². The second-order valence-corrected chi connectivity index (χ2v) is 3.04. The van der Waals surface area contributed by atoms with E-state index in [9.17, 15) is 18.0 Å². The van der Waals surface area contributed by atoms with Gasteiger partial charge in [-0.2, -0.15) is 13.2 Å². The molecule has 1 rings (SSSR count). The van der Waals surface area contributed by atoms with Gasteiger partial charge in [0.2, 0.25) is 0 Å². The highest BCUT2D eigenvalue weighted by Crippen LogP contribution is 2.15. The lowest BCUT2D eigenvalue weighted by atomic mass is 10.3. The third-order valence-electron chi connectivity index (χ3n) is 1.65. The zero-order chi connectivity index (χ0) is 12.2. The zero-order valence-corrected chi connectivity index (χ0v) is 8.41. The first-order valence-electron chi connectivity index (χ1n) is 4.49. The summed E-state index contributed by atoms with van der Waals surface area (Å²) in [6.45, 7) is 1.32. The van der Waals surface area contributed by atoms with Crippen molar-refractivity contribution in [2.45, 2.75) is 19.3 Å². The molecule has 1 N–H and O–H groups in total. The first-order valence-corrected chi connectivity index (χ1v) is 4.49. The predicted octanol–water partition coefficient (Wildman–Crippen LogP) is 2.09. The number of ether oxygens (including phenoxy) is 1. The molecule has 0 aliphatic heterocycles. The van der Waals surface area contributed by atoms with E-state index >= 15 is 0 Å². The Morgan fingerprint density at radius 1 is 1.31 bits per heavy atom.